The van der Waals surface area contributed by atoms with Crippen LogP contribution >= 0.6 is 22.9 Å². The Labute approximate surface area is 154 Å². The van der Waals surface area contributed by atoms with Crippen LogP contribution in [0.2, 0.25) is 5.02 Å². The summed E-state index contributed by atoms with van der Waals surface area (Å²) in [5.74, 6) is 1.02. The van der Waals surface area contributed by atoms with Crippen LogP contribution in [0, 0.1) is 6.92 Å². The van der Waals surface area contributed by atoms with Gasteiger partial charge in [0.1, 0.15) is 5.01 Å². The third kappa shape index (κ3) is 3.05. The van der Waals surface area contributed by atoms with E-state index < -0.39 is 10.0 Å². The smallest absolute Gasteiger partial charge is 0.207 e. The summed E-state index contributed by atoms with van der Waals surface area (Å²) in [6, 6.07) is 6.30. The highest BCUT2D eigenvalue weighted by Gasteiger charge is 2.31. The molecule has 25 heavy (non-hydrogen) atoms. The zero-order valence-electron chi connectivity index (χ0n) is 13.5. The Morgan fingerprint density at radius 3 is 2.48 bits per heavy atom. The Bertz CT molecular complexity index is 1000. The van der Waals surface area contributed by atoms with Crippen molar-refractivity contribution in [2.45, 2.75) is 30.6 Å². The van der Waals surface area contributed by atoms with Crippen molar-refractivity contribution in [2.24, 2.45) is 0 Å². The highest BCUT2D eigenvalue weighted by atomic mass is 35.5. The Morgan fingerprint density at radius 1 is 1.16 bits per heavy atom. The lowest BCUT2D eigenvalue weighted by Crippen LogP contribution is -2.37. The fourth-order valence-corrected chi connectivity index (χ4v) is 5.64. The number of aryl methyl sites for hydroxylation is 1. The number of benzene rings is 1. The second kappa shape index (κ2) is 6.31. The molecule has 7 nitrogen and oxygen atoms in total. The van der Waals surface area contributed by atoms with Crippen LogP contribution in [0.3, 0.4) is 0 Å². The number of hydrogen-bond acceptors (Lipinski definition) is 6. The average Bonchev–Trinajstić information content (AvgIpc) is 3.18. The van der Waals surface area contributed by atoms with E-state index in [9.17, 15) is 8.42 Å². The molecule has 10 heteroatoms. The second-order valence-corrected chi connectivity index (χ2v) is 9.38. The molecule has 0 radical (unpaired) electrons. The van der Waals surface area contributed by atoms with Crippen molar-refractivity contribution < 1.29 is 8.42 Å². The summed E-state index contributed by atoms with van der Waals surface area (Å²) in [7, 11) is -3.47. The van der Waals surface area contributed by atoms with Crippen molar-refractivity contribution in [3.8, 4) is 0 Å². The molecular formula is C15H16ClN5O2S2. The van der Waals surface area contributed by atoms with E-state index in [0.29, 0.717) is 18.1 Å². The molecule has 0 amide bonds. The highest BCUT2D eigenvalue weighted by Crippen LogP contribution is 2.33. The van der Waals surface area contributed by atoms with E-state index in [1.165, 1.54) is 15.6 Å². The van der Waals surface area contributed by atoms with E-state index in [0.717, 1.165) is 28.6 Å². The molecule has 0 aliphatic carbocycles. The molecule has 1 fully saturated rings. The van der Waals surface area contributed by atoms with Gasteiger partial charge in [-0.05, 0) is 44.0 Å². The molecule has 1 aliphatic heterocycles. The number of sulfonamides is 1. The van der Waals surface area contributed by atoms with Gasteiger partial charge in [0.25, 0.3) is 0 Å². The Kier molecular flexibility index (Phi) is 4.27. The molecule has 3 heterocycles. The molecule has 2 aromatic heterocycles. The van der Waals surface area contributed by atoms with Gasteiger partial charge >= 0.3 is 0 Å². The lowest BCUT2D eigenvalue weighted by atomic mass is 9.99. The van der Waals surface area contributed by atoms with Crippen molar-refractivity contribution in [2.75, 3.05) is 13.1 Å². The number of piperidine rings is 1. The quantitative estimate of drug-likeness (QED) is 0.678. The fourth-order valence-electron chi connectivity index (χ4n) is 2.99. The maximum Gasteiger partial charge on any atom is 0.243 e. The van der Waals surface area contributed by atoms with E-state index in [2.05, 4.69) is 15.3 Å². The topological polar surface area (TPSA) is 80.5 Å². The van der Waals surface area contributed by atoms with Gasteiger partial charge in [0.2, 0.25) is 15.0 Å². The minimum Gasteiger partial charge on any atom is -0.207 e. The summed E-state index contributed by atoms with van der Waals surface area (Å²) in [4.78, 5) is 1.06. The van der Waals surface area contributed by atoms with E-state index in [-0.39, 0.29) is 10.8 Å². The predicted molar refractivity (Wildman–Crippen MR) is 95.6 cm³/mol. The molecule has 3 aromatic rings. The molecule has 0 bridgehead atoms. The minimum atomic E-state index is -3.47. The molecule has 0 unspecified atom stereocenters. The van der Waals surface area contributed by atoms with Gasteiger partial charge in [0.15, 0.2) is 5.82 Å². The highest BCUT2D eigenvalue weighted by molar-refractivity contribution is 7.89. The summed E-state index contributed by atoms with van der Waals surface area (Å²) in [5, 5.41) is 14.2. The van der Waals surface area contributed by atoms with Crippen molar-refractivity contribution in [1.29, 1.82) is 0 Å². The standard InChI is InChI=1S/C15H16ClN5O2S2/c1-10-17-18-15-21(10)19-14(24-15)11-6-8-20(9-7-11)25(22,23)13-4-2-12(16)3-5-13/h2-5,11H,6-9H2,1H3. The third-order valence-corrected chi connectivity index (χ3v) is 7.64. The van der Waals surface area contributed by atoms with Crippen molar-refractivity contribution in [3.05, 3.63) is 40.1 Å². The number of fused-ring (bicyclic) bond motifs is 1. The van der Waals surface area contributed by atoms with Gasteiger partial charge in [-0.3, -0.25) is 0 Å². The second-order valence-electron chi connectivity index (χ2n) is 6.01. The van der Waals surface area contributed by atoms with E-state index in [1.807, 2.05) is 6.92 Å². The molecule has 0 spiro atoms. The largest absolute Gasteiger partial charge is 0.243 e. The number of nitrogens with zero attached hydrogens (tertiary/aromatic N) is 5. The molecule has 1 aromatic carbocycles. The first-order valence-electron chi connectivity index (χ1n) is 7.89. The van der Waals surface area contributed by atoms with Gasteiger partial charge < -0.3 is 0 Å². The fraction of sp³-hybridized carbons (Fsp3) is 0.400. The summed E-state index contributed by atoms with van der Waals surface area (Å²) in [6.07, 6.45) is 1.49. The molecule has 1 aliphatic rings. The number of rotatable bonds is 3. The van der Waals surface area contributed by atoms with Gasteiger partial charge in [-0.15, -0.1) is 10.2 Å². The van der Waals surface area contributed by atoms with Crippen LogP contribution in [-0.2, 0) is 10.0 Å². The summed E-state index contributed by atoms with van der Waals surface area (Å²) in [5.41, 5.74) is 0. The first-order valence-corrected chi connectivity index (χ1v) is 10.5. The molecule has 0 atom stereocenters. The van der Waals surface area contributed by atoms with Crippen molar-refractivity contribution in [1.82, 2.24) is 24.1 Å². The van der Waals surface area contributed by atoms with Gasteiger partial charge in [-0.2, -0.15) is 13.9 Å². The first-order chi connectivity index (χ1) is 11.9. The molecule has 0 N–H and O–H groups in total. The maximum atomic E-state index is 12.7. The van der Waals surface area contributed by atoms with Crippen LogP contribution < -0.4 is 0 Å². The first kappa shape index (κ1) is 16.9. The van der Waals surface area contributed by atoms with Crippen LogP contribution in [0.15, 0.2) is 29.2 Å². The number of aromatic nitrogens is 4. The van der Waals surface area contributed by atoms with Gasteiger partial charge in [0.05, 0.1) is 4.90 Å². The number of hydrogen-bond donors (Lipinski definition) is 0. The Morgan fingerprint density at radius 2 is 1.84 bits per heavy atom. The molecule has 132 valence electrons. The number of halogens is 1. The Balaban J connectivity index is 1.49. The van der Waals surface area contributed by atoms with Crippen molar-refractivity contribution in [3.63, 3.8) is 0 Å². The summed E-state index contributed by atoms with van der Waals surface area (Å²) >= 11 is 7.37. The lowest BCUT2D eigenvalue weighted by molar-refractivity contribution is 0.318. The third-order valence-electron chi connectivity index (χ3n) is 4.42. The Hall–Kier alpha value is -1.55. The van der Waals surface area contributed by atoms with E-state index in [4.69, 9.17) is 11.6 Å². The zero-order chi connectivity index (χ0) is 17.6. The maximum absolute atomic E-state index is 12.7. The minimum absolute atomic E-state index is 0.253. The molecule has 4 rings (SSSR count). The van der Waals surface area contributed by atoms with E-state index in [1.54, 1.807) is 28.8 Å². The van der Waals surface area contributed by atoms with Crippen molar-refractivity contribution >= 4 is 37.9 Å². The van der Waals surface area contributed by atoms with Crippen LogP contribution in [0.4, 0.5) is 0 Å². The van der Waals surface area contributed by atoms with Crippen LogP contribution in [0.5, 0.6) is 0 Å². The SMILES string of the molecule is Cc1nnc2sc(C3CCN(S(=O)(=O)c4ccc(Cl)cc4)CC3)nn12. The monoisotopic (exact) mass is 397 g/mol. The zero-order valence-corrected chi connectivity index (χ0v) is 15.9. The molecular weight excluding hydrogens is 382 g/mol. The van der Waals surface area contributed by atoms with Gasteiger partial charge in [0, 0.05) is 24.0 Å². The van der Waals surface area contributed by atoms with Crippen LogP contribution in [0.1, 0.15) is 29.6 Å². The van der Waals surface area contributed by atoms with Crippen LogP contribution in [-0.4, -0.2) is 45.6 Å². The van der Waals surface area contributed by atoms with Gasteiger partial charge in [-0.1, -0.05) is 22.9 Å². The molecule has 0 saturated carbocycles. The molecule has 1 saturated heterocycles. The van der Waals surface area contributed by atoms with Crippen LogP contribution in [0.25, 0.3) is 4.96 Å². The van der Waals surface area contributed by atoms with E-state index >= 15 is 0 Å². The predicted octanol–water partition coefficient (Wildman–Crippen LogP) is 2.72. The summed E-state index contributed by atoms with van der Waals surface area (Å²) < 4.78 is 28.8. The normalized spacial score (nSPS) is 17.4. The van der Waals surface area contributed by atoms with Gasteiger partial charge in [-0.25, -0.2) is 8.42 Å². The summed E-state index contributed by atoms with van der Waals surface area (Å²) in [6.45, 7) is 2.83. The average molecular weight is 398 g/mol. The lowest BCUT2D eigenvalue weighted by Gasteiger charge is -2.30.